The fourth-order valence-corrected chi connectivity index (χ4v) is 3.13. The van der Waals surface area contributed by atoms with Crippen LogP contribution >= 0.6 is 24.0 Å². The van der Waals surface area contributed by atoms with E-state index in [0.717, 1.165) is 37.8 Å². The summed E-state index contributed by atoms with van der Waals surface area (Å²) in [6, 6.07) is 10.3. The van der Waals surface area contributed by atoms with Gasteiger partial charge in [0.25, 0.3) is 0 Å². The van der Waals surface area contributed by atoms with E-state index < -0.39 is 0 Å². The van der Waals surface area contributed by atoms with Gasteiger partial charge < -0.3 is 15.4 Å². The molecule has 7 heteroatoms. The molecule has 3 rings (SSSR count). The molecule has 2 N–H and O–H groups in total. The molecule has 1 aromatic heterocycles. The number of aromatic nitrogens is 2. The lowest BCUT2D eigenvalue weighted by Gasteiger charge is -2.21. The molecule has 0 aliphatic heterocycles. The molecule has 0 atom stereocenters. The lowest BCUT2D eigenvalue weighted by Crippen LogP contribution is -2.41. The molecule has 6 nitrogen and oxygen atoms in total. The Labute approximate surface area is 172 Å². The minimum Gasteiger partial charge on any atom is -0.496 e. The smallest absolute Gasteiger partial charge is 0.191 e. The fourth-order valence-electron chi connectivity index (χ4n) is 3.13. The molecule has 1 heterocycles. The Morgan fingerprint density at radius 1 is 1.27 bits per heavy atom. The van der Waals surface area contributed by atoms with Gasteiger partial charge in [0.1, 0.15) is 5.75 Å². The number of aliphatic imine (C=N–C) groups is 1. The van der Waals surface area contributed by atoms with Crippen molar-refractivity contribution >= 4 is 29.9 Å². The predicted octanol–water partition coefficient (Wildman–Crippen LogP) is 2.80. The number of benzene rings is 1. The van der Waals surface area contributed by atoms with Crippen LogP contribution in [0.2, 0.25) is 0 Å². The average molecular weight is 469 g/mol. The molecule has 0 bridgehead atoms. The molecule has 2 aromatic rings. The second-order valence-corrected chi connectivity index (χ2v) is 6.46. The van der Waals surface area contributed by atoms with Crippen molar-refractivity contribution in [1.82, 2.24) is 20.4 Å². The van der Waals surface area contributed by atoms with Gasteiger partial charge in [0.15, 0.2) is 5.96 Å². The van der Waals surface area contributed by atoms with Crippen molar-refractivity contribution in [2.45, 2.75) is 31.2 Å². The normalized spacial score (nSPS) is 15.1. The Kier molecular flexibility index (Phi) is 7.74. The van der Waals surface area contributed by atoms with Gasteiger partial charge in [-0.2, -0.15) is 5.10 Å². The zero-order chi connectivity index (χ0) is 17.5. The van der Waals surface area contributed by atoms with Crippen molar-refractivity contribution < 1.29 is 4.74 Å². The molecule has 142 valence electrons. The lowest BCUT2D eigenvalue weighted by atomic mass is 9.95. The van der Waals surface area contributed by atoms with Crippen molar-refractivity contribution in [3.63, 3.8) is 0 Å². The van der Waals surface area contributed by atoms with Crippen LogP contribution in [0.4, 0.5) is 0 Å². The fraction of sp³-hybridized carbons (Fsp3) is 0.474. The van der Waals surface area contributed by atoms with E-state index >= 15 is 0 Å². The molecule has 1 aliphatic carbocycles. The van der Waals surface area contributed by atoms with Gasteiger partial charge in [0.05, 0.1) is 7.11 Å². The highest BCUT2D eigenvalue weighted by Crippen LogP contribution is 2.50. The summed E-state index contributed by atoms with van der Waals surface area (Å²) < 4.78 is 7.48. The van der Waals surface area contributed by atoms with Crippen LogP contribution in [-0.4, -0.2) is 43.0 Å². The average Bonchev–Trinajstić information content (AvgIpc) is 3.26. The molecule has 0 spiro atoms. The maximum Gasteiger partial charge on any atom is 0.191 e. The van der Waals surface area contributed by atoms with E-state index in [2.05, 4.69) is 32.9 Å². The van der Waals surface area contributed by atoms with Gasteiger partial charge in [-0.05, 0) is 31.4 Å². The van der Waals surface area contributed by atoms with Crippen LogP contribution in [0.25, 0.3) is 0 Å². The lowest BCUT2D eigenvalue weighted by molar-refractivity contribution is 0.403. The van der Waals surface area contributed by atoms with Crippen LogP contribution in [0, 0.1) is 0 Å². The second-order valence-electron chi connectivity index (χ2n) is 6.46. The van der Waals surface area contributed by atoms with Gasteiger partial charge in [0.2, 0.25) is 0 Å². The molecular weight excluding hydrogens is 441 g/mol. The number of hydrogen-bond acceptors (Lipinski definition) is 3. The monoisotopic (exact) mass is 469 g/mol. The van der Waals surface area contributed by atoms with E-state index in [9.17, 15) is 0 Å². The van der Waals surface area contributed by atoms with E-state index in [4.69, 9.17) is 4.74 Å². The third-order valence-electron chi connectivity index (χ3n) is 4.77. The van der Waals surface area contributed by atoms with Gasteiger partial charge in [-0.1, -0.05) is 18.2 Å². The zero-order valence-corrected chi connectivity index (χ0v) is 17.8. The number of methoxy groups -OCH3 is 1. The highest BCUT2D eigenvalue weighted by molar-refractivity contribution is 14.0. The maximum absolute atomic E-state index is 5.54. The number of aryl methyl sites for hydroxylation is 1. The maximum atomic E-state index is 5.54. The van der Waals surface area contributed by atoms with E-state index in [1.165, 1.54) is 18.4 Å². The predicted molar refractivity (Wildman–Crippen MR) is 116 cm³/mol. The number of halogens is 1. The molecule has 0 amide bonds. The Bertz CT molecular complexity index is 698. The van der Waals surface area contributed by atoms with Crippen LogP contribution in [0.3, 0.4) is 0 Å². The number of para-hydroxylation sites is 1. The molecular formula is C19H28IN5O. The van der Waals surface area contributed by atoms with Crippen LogP contribution in [0.5, 0.6) is 5.75 Å². The summed E-state index contributed by atoms with van der Waals surface area (Å²) in [5.41, 5.74) is 1.46. The van der Waals surface area contributed by atoms with Gasteiger partial charge >= 0.3 is 0 Å². The molecule has 1 aromatic carbocycles. The van der Waals surface area contributed by atoms with Crippen molar-refractivity contribution in [1.29, 1.82) is 0 Å². The molecule has 0 unspecified atom stereocenters. The summed E-state index contributed by atoms with van der Waals surface area (Å²) in [4.78, 5) is 4.33. The number of ether oxygens (including phenoxy) is 1. The SMILES string of the molecule is CN=C(NCCCn1cccn1)NCC1(c2ccccc2OC)CC1.I. The third kappa shape index (κ3) is 5.12. The topological polar surface area (TPSA) is 63.5 Å². The number of hydrogen-bond donors (Lipinski definition) is 2. The number of nitrogens with one attached hydrogen (secondary N) is 2. The summed E-state index contributed by atoms with van der Waals surface area (Å²) in [7, 11) is 3.55. The first kappa shape index (κ1) is 20.5. The Morgan fingerprint density at radius 2 is 2.08 bits per heavy atom. The van der Waals surface area contributed by atoms with Gasteiger partial charge in [-0.15, -0.1) is 24.0 Å². The van der Waals surface area contributed by atoms with Gasteiger partial charge in [-0.3, -0.25) is 9.67 Å². The largest absolute Gasteiger partial charge is 0.496 e. The van der Waals surface area contributed by atoms with Crippen LogP contribution in [-0.2, 0) is 12.0 Å². The quantitative estimate of drug-likeness (QED) is 0.270. The van der Waals surface area contributed by atoms with E-state index in [0.29, 0.717) is 0 Å². The molecule has 0 saturated heterocycles. The highest BCUT2D eigenvalue weighted by atomic mass is 127. The molecule has 1 aliphatic rings. The Hall–Kier alpha value is -1.77. The minimum atomic E-state index is 0. The van der Waals surface area contributed by atoms with E-state index in [-0.39, 0.29) is 29.4 Å². The zero-order valence-electron chi connectivity index (χ0n) is 15.4. The van der Waals surface area contributed by atoms with Gasteiger partial charge in [0, 0.05) is 50.1 Å². The van der Waals surface area contributed by atoms with Crippen molar-refractivity contribution in [3.8, 4) is 5.75 Å². The van der Waals surface area contributed by atoms with Crippen molar-refractivity contribution in [2.24, 2.45) is 4.99 Å². The Morgan fingerprint density at radius 3 is 2.73 bits per heavy atom. The van der Waals surface area contributed by atoms with Crippen LogP contribution in [0.15, 0.2) is 47.7 Å². The summed E-state index contributed by atoms with van der Waals surface area (Å²) in [5.74, 6) is 1.82. The van der Waals surface area contributed by atoms with Crippen molar-refractivity contribution in [3.05, 3.63) is 48.3 Å². The standard InChI is InChI=1S/C19H27N5O.HI/c1-20-18(21-11-5-13-24-14-6-12-23-24)22-15-19(9-10-19)16-7-3-4-8-17(16)25-2;/h3-4,6-8,12,14H,5,9-11,13,15H2,1-2H3,(H2,20,21,22);1H. The minimum absolute atomic E-state index is 0. The first-order valence-corrected chi connectivity index (χ1v) is 8.83. The summed E-state index contributed by atoms with van der Waals surface area (Å²) in [5, 5.41) is 11.1. The first-order valence-electron chi connectivity index (χ1n) is 8.83. The summed E-state index contributed by atoms with van der Waals surface area (Å²) >= 11 is 0. The van der Waals surface area contributed by atoms with Crippen molar-refractivity contribution in [2.75, 3.05) is 27.2 Å². The van der Waals surface area contributed by atoms with Crippen LogP contribution < -0.4 is 15.4 Å². The highest BCUT2D eigenvalue weighted by Gasteiger charge is 2.45. The number of rotatable bonds is 8. The molecule has 26 heavy (non-hydrogen) atoms. The molecule has 0 radical (unpaired) electrons. The molecule has 1 saturated carbocycles. The third-order valence-corrected chi connectivity index (χ3v) is 4.77. The van der Waals surface area contributed by atoms with Gasteiger partial charge in [-0.25, -0.2) is 0 Å². The second kappa shape index (κ2) is 9.80. The summed E-state index contributed by atoms with van der Waals surface area (Å²) in [6.07, 6.45) is 7.14. The van der Waals surface area contributed by atoms with E-state index in [1.807, 2.05) is 36.1 Å². The van der Waals surface area contributed by atoms with Crippen LogP contribution in [0.1, 0.15) is 24.8 Å². The van der Waals surface area contributed by atoms with E-state index in [1.54, 1.807) is 13.3 Å². The summed E-state index contributed by atoms with van der Waals surface area (Å²) in [6.45, 7) is 2.63. The number of guanidine groups is 1. The first-order chi connectivity index (χ1) is 12.3. The number of nitrogens with zero attached hydrogens (tertiary/aromatic N) is 3. The molecule has 1 fully saturated rings. The Balaban J connectivity index is 0.00000243.